The molecular weight excluding hydrogens is 336 g/mol. The molecule has 0 spiro atoms. The third-order valence-corrected chi connectivity index (χ3v) is 4.26. The van der Waals surface area contributed by atoms with Crippen LogP contribution < -0.4 is 26.8 Å². The van der Waals surface area contributed by atoms with Crippen molar-refractivity contribution in [1.82, 2.24) is 20.2 Å². The molecule has 2 heterocycles. The average Bonchev–Trinajstić information content (AvgIpc) is 2.64. The summed E-state index contributed by atoms with van der Waals surface area (Å²) in [6.07, 6.45) is 5.68. The van der Waals surface area contributed by atoms with Crippen molar-refractivity contribution < 1.29 is 9.53 Å². The standard InChI is InChI=1S/C16H22N8O2/c1-26-12-8-9(6-7-19-12)20-15-13(14(18)25)23-24-16(22-15)21-11-5-3-2-4-10(11)17/h6-8,10-11H,2-5,17H2,1H3,(H2,18,25)(H2,19,20,21,22,24)/t10-,11+/m0/s1. The molecule has 0 bridgehead atoms. The van der Waals surface area contributed by atoms with Crippen molar-refractivity contribution in [1.29, 1.82) is 0 Å². The van der Waals surface area contributed by atoms with Gasteiger partial charge in [0.25, 0.3) is 5.91 Å². The van der Waals surface area contributed by atoms with Crippen LogP contribution in [0.15, 0.2) is 18.3 Å². The highest BCUT2D eigenvalue weighted by Gasteiger charge is 2.23. The summed E-state index contributed by atoms with van der Waals surface area (Å²) in [5.74, 6) is 0.187. The van der Waals surface area contributed by atoms with Crippen molar-refractivity contribution in [3.05, 3.63) is 24.0 Å². The number of hydrogen-bond donors (Lipinski definition) is 4. The highest BCUT2D eigenvalue weighted by Crippen LogP contribution is 2.23. The highest BCUT2D eigenvalue weighted by molar-refractivity contribution is 5.96. The summed E-state index contributed by atoms with van der Waals surface area (Å²) in [7, 11) is 1.52. The molecule has 3 rings (SSSR count). The van der Waals surface area contributed by atoms with Gasteiger partial charge in [0.05, 0.1) is 7.11 Å². The van der Waals surface area contributed by atoms with E-state index in [0.717, 1.165) is 25.7 Å². The largest absolute Gasteiger partial charge is 0.481 e. The quantitative estimate of drug-likeness (QED) is 0.587. The van der Waals surface area contributed by atoms with Crippen LogP contribution in [0, 0.1) is 0 Å². The second-order valence-corrected chi connectivity index (χ2v) is 6.11. The maximum atomic E-state index is 11.7. The molecule has 26 heavy (non-hydrogen) atoms. The Kier molecular flexibility index (Phi) is 5.42. The van der Waals surface area contributed by atoms with E-state index in [0.29, 0.717) is 17.5 Å². The lowest BCUT2D eigenvalue weighted by Crippen LogP contribution is -2.43. The lowest BCUT2D eigenvalue weighted by Gasteiger charge is -2.29. The third-order valence-electron chi connectivity index (χ3n) is 4.26. The van der Waals surface area contributed by atoms with Gasteiger partial charge in [-0.05, 0) is 18.9 Å². The van der Waals surface area contributed by atoms with Crippen LogP contribution in [0.1, 0.15) is 36.2 Å². The van der Waals surface area contributed by atoms with Crippen LogP contribution in [0.3, 0.4) is 0 Å². The zero-order chi connectivity index (χ0) is 18.5. The van der Waals surface area contributed by atoms with Crippen LogP contribution in [0.2, 0.25) is 0 Å². The summed E-state index contributed by atoms with van der Waals surface area (Å²) in [6, 6.07) is 3.47. The molecule has 10 nitrogen and oxygen atoms in total. The number of pyridine rings is 1. The van der Waals surface area contributed by atoms with E-state index in [2.05, 4.69) is 30.8 Å². The number of rotatable bonds is 6. The lowest BCUT2D eigenvalue weighted by molar-refractivity contribution is 0.0995. The fraction of sp³-hybridized carbons (Fsp3) is 0.438. The first kappa shape index (κ1) is 17.8. The van der Waals surface area contributed by atoms with Gasteiger partial charge in [-0.1, -0.05) is 12.8 Å². The Labute approximate surface area is 150 Å². The molecule has 2 aromatic rings. The molecule has 2 aromatic heterocycles. The SMILES string of the molecule is COc1cc(Nc2nc(N[C@@H]3CCCC[C@@H]3N)nnc2C(N)=O)ccn1. The molecule has 0 radical (unpaired) electrons. The predicted molar refractivity (Wildman–Crippen MR) is 96.3 cm³/mol. The van der Waals surface area contributed by atoms with E-state index in [1.54, 1.807) is 18.3 Å². The molecule has 1 amide bonds. The van der Waals surface area contributed by atoms with Crippen molar-refractivity contribution in [3.63, 3.8) is 0 Å². The van der Waals surface area contributed by atoms with E-state index in [9.17, 15) is 4.79 Å². The van der Waals surface area contributed by atoms with Gasteiger partial charge >= 0.3 is 0 Å². The minimum atomic E-state index is -0.727. The minimum Gasteiger partial charge on any atom is -0.481 e. The molecule has 6 N–H and O–H groups in total. The maximum Gasteiger partial charge on any atom is 0.273 e. The van der Waals surface area contributed by atoms with Crippen LogP contribution >= 0.6 is 0 Å². The van der Waals surface area contributed by atoms with E-state index in [1.807, 2.05) is 0 Å². The first-order valence-corrected chi connectivity index (χ1v) is 8.40. The number of anilines is 3. The molecule has 1 fully saturated rings. The number of nitrogens with one attached hydrogen (secondary N) is 2. The number of hydrogen-bond acceptors (Lipinski definition) is 9. The number of ether oxygens (including phenoxy) is 1. The van der Waals surface area contributed by atoms with Crippen molar-refractivity contribution in [2.45, 2.75) is 37.8 Å². The van der Waals surface area contributed by atoms with Crippen LogP contribution in [0.25, 0.3) is 0 Å². The zero-order valence-electron chi connectivity index (χ0n) is 14.5. The number of nitrogens with zero attached hydrogens (tertiary/aromatic N) is 4. The normalized spacial score (nSPS) is 19.6. The Morgan fingerprint density at radius 3 is 2.85 bits per heavy atom. The molecule has 10 heteroatoms. The number of amides is 1. The molecule has 1 aliphatic carbocycles. The molecule has 2 atom stereocenters. The molecule has 0 aromatic carbocycles. The second kappa shape index (κ2) is 7.91. The van der Waals surface area contributed by atoms with Gasteiger partial charge in [-0.3, -0.25) is 4.79 Å². The monoisotopic (exact) mass is 358 g/mol. The van der Waals surface area contributed by atoms with Gasteiger partial charge in [-0.2, -0.15) is 4.98 Å². The van der Waals surface area contributed by atoms with Gasteiger partial charge in [0.2, 0.25) is 11.8 Å². The van der Waals surface area contributed by atoms with Gasteiger partial charge in [0.15, 0.2) is 11.5 Å². The van der Waals surface area contributed by atoms with Gasteiger partial charge in [0.1, 0.15) is 0 Å². The second-order valence-electron chi connectivity index (χ2n) is 6.11. The minimum absolute atomic E-state index is 0.0315. The summed E-state index contributed by atoms with van der Waals surface area (Å²) >= 11 is 0. The van der Waals surface area contributed by atoms with E-state index in [-0.39, 0.29) is 23.6 Å². The summed E-state index contributed by atoms with van der Waals surface area (Å²) in [5, 5.41) is 14.1. The van der Waals surface area contributed by atoms with Gasteiger partial charge in [0, 0.05) is 30.0 Å². The summed E-state index contributed by atoms with van der Waals surface area (Å²) in [4.78, 5) is 20.0. The first-order valence-electron chi connectivity index (χ1n) is 8.40. The molecule has 1 saturated carbocycles. The van der Waals surface area contributed by atoms with Crippen molar-refractivity contribution in [2.24, 2.45) is 11.5 Å². The van der Waals surface area contributed by atoms with Gasteiger partial charge in [-0.15, -0.1) is 10.2 Å². The van der Waals surface area contributed by atoms with Gasteiger partial charge < -0.3 is 26.8 Å². The molecule has 0 saturated heterocycles. The first-order chi connectivity index (χ1) is 12.6. The Balaban J connectivity index is 1.85. The summed E-state index contributed by atoms with van der Waals surface area (Å²) in [5.41, 5.74) is 12.1. The summed E-state index contributed by atoms with van der Waals surface area (Å²) in [6.45, 7) is 0. The average molecular weight is 358 g/mol. The number of methoxy groups -OCH3 is 1. The van der Waals surface area contributed by atoms with E-state index in [1.165, 1.54) is 7.11 Å². The fourth-order valence-electron chi connectivity index (χ4n) is 2.88. The lowest BCUT2D eigenvalue weighted by atomic mass is 9.91. The van der Waals surface area contributed by atoms with Crippen molar-refractivity contribution in [2.75, 3.05) is 17.7 Å². The zero-order valence-corrected chi connectivity index (χ0v) is 14.5. The van der Waals surface area contributed by atoms with Crippen LogP contribution in [0.4, 0.5) is 17.5 Å². The number of carbonyl (C=O) groups is 1. The Morgan fingerprint density at radius 2 is 2.12 bits per heavy atom. The maximum absolute atomic E-state index is 11.7. The number of carbonyl (C=O) groups excluding carboxylic acids is 1. The Hall–Kier alpha value is -3.01. The summed E-state index contributed by atoms with van der Waals surface area (Å²) < 4.78 is 5.09. The topological polar surface area (TPSA) is 154 Å². The van der Waals surface area contributed by atoms with Gasteiger partial charge in [-0.25, -0.2) is 4.98 Å². The van der Waals surface area contributed by atoms with Crippen LogP contribution in [0.5, 0.6) is 5.88 Å². The Morgan fingerprint density at radius 1 is 1.31 bits per heavy atom. The van der Waals surface area contributed by atoms with Crippen LogP contribution in [-0.4, -0.2) is 45.3 Å². The number of aromatic nitrogens is 4. The van der Waals surface area contributed by atoms with Crippen molar-refractivity contribution in [3.8, 4) is 5.88 Å². The third kappa shape index (κ3) is 4.14. The van der Waals surface area contributed by atoms with E-state index >= 15 is 0 Å². The molecule has 138 valence electrons. The Bertz CT molecular complexity index is 785. The number of nitrogens with two attached hydrogens (primary N) is 2. The fourth-order valence-corrected chi connectivity index (χ4v) is 2.88. The molecule has 0 unspecified atom stereocenters. The highest BCUT2D eigenvalue weighted by atomic mass is 16.5. The van der Waals surface area contributed by atoms with Crippen molar-refractivity contribution >= 4 is 23.4 Å². The molecular formula is C16H22N8O2. The van der Waals surface area contributed by atoms with E-state index in [4.69, 9.17) is 16.2 Å². The predicted octanol–water partition coefficient (Wildman–Crippen LogP) is 0.800. The van der Waals surface area contributed by atoms with E-state index < -0.39 is 5.91 Å². The smallest absolute Gasteiger partial charge is 0.273 e. The van der Waals surface area contributed by atoms with Crippen LogP contribution in [-0.2, 0) is 0 Å². The number of primary amides is 1. The molecule has 0 aliphatic heterocycles. The molecule has 1 aliphatic rings.